The summed E-state index contributed by atoms with van der Waals surface area (Å²) in [5.74, 6) is -0.442. The molecule has 1 aliphatic rings. The van der Waals surface area contributed by atoms with Crippen molar-refractivity contribution >= 4 is 50.0 Å². The maximum absolute atomic E-state index is 12.7. The van der Waals surface area contributed by atoms with Gasteiger partial charge in [0.25, 0.3) is 0 Å². The zero-order valence-corrected chi connectivity index (χ0v) is 28.8. The van der Waals surface area contributed by atoms with Gasteiger partial charge in [-0.05, 0) is 114 Å². The van der Waals surface area contributed by atoms with Gasteiger partial charge < -0.3 is 19.3 Å². The van der Waals surface area contributed by atoms with E-state index in [-0.39, 0.29) is 0 Å². The minimum Gasteiger partial charge on any atom is -0.479 e. The van der Waals surface area contributed by atoms with E-state index in [1.807, 2.05) is 58.0 Å². The van der Waals surface area contributed by atoms with Crippen molar-refractivity contribution in [3.8, 4) is 21.7 Å². The van der Waals surface area contributed by atoms with Gasteiger partial charge in [0.05, 0.1) is 15.8 Å². The first kappa shape index (κ1) is 31.7. The van der Waals surface area contributed by atoms with Gasteiger partial charge in [0.1, 0.15) is 5.01 Å². The van der Waals surface area contributed by atoms with Crippen LogP contribution >= 0.6 is 22.9 Å². The molecule has 8 heteroatoms. The van der Waals surface area contributed by atoms with Crippen molar-refractivity contribution in [1.82, 2.24) is 14.5 Å². The van der Waals surface area contributed by atoms with Crippen LogP contribution in [0, 0.1) is 6.92 Å². The van der Waals surface area contributed by atoms with Crippen molar-refractivity contribution in [3.63, 3.8) is 0 Å². The van der Waals surface area contributed by atoms with E-state index in [1.165, 1.54) is 35.0 Å². The number of hydrogen-bond acceptors (Lipinski definition) is 5. The van der Waals surface area contributed by atoms with Gasteiger partial charge in [0.15, 0.2) is 6.10 Å². The number of carbonyl (C=O) groups is 1. The van der Waals surface area contributed by atoms with Crippen LogP contribution < -0.4 is 0 Å². The van der Waals surface area contributed by atoms with E-state index < -0.39 is 17.7 Å². The Kier molecular flexibility index (Phi) is 8.59. The molecule has 1 fully saturated rings. The van der Waals surface area contributed by atoms with Crippen LogP contribution in [0.1, 0.15) is 74.9 Å². The lowest BCUT2D eigenvalue weighted by Crippen LogP contribution is -2.29. The fourth-order valence-electron chi connectivity index (χ4n) is 6.99. The number of aliphatic carboxylic acids is 1. The largest absolute Gasteiger partial charge is 0.479 e. The number of piperidine rings is 1. The number of hydrogen-bond donors (Lipinski definition) is 1. The quantitative estimate of drug-likeness (QED) is 0.191. The van der Waals surface area contributed by atoms with E-state index in [4.69, 9.17) is 21.3 Å². The molecule has 0 amide bonds. The number of thiazole rings is 1. The van der Waals surface area contributed by atoms with Crippen molar-refractivity contribution in [2.75, 3.05) is 20.1 Å². The SMILES string of the molecule is CCc1c(C2CCN(C)CC2)c2ccc(-c3nc4cc(C)c([C@H](OC(C)(C)C)C(=O)O)c(-c5ccc(Cl)cc5)c4s3)cc2n1C. The highest BCUT2D eigenvalue weighted by Gasteiger charge is 2.32. The highest BCUT2D eigenvalue weighted by atomic mass is 35.5. The van der Waals surface area contributed by atoms with Crippen LogP contribution in [0.25, 0.3) is 42.8 Å². The van der Waals surface area contributed by atoms with Crippen molar-refractivity contribution in [2.24, 2.45) is 7.05 Å². The molecule has 0 radical (unpaired) electrons. The monoisotopic (exact) mass is 643 g/mol. The van der Waals surface area contributed by atoms with E-state index in [0.29, 0.717) is 16.5 Å². The second kappa shape index (κ2) is 12.2. The average molecular weight is 644 g/mol. The van der Waals surface area contributed by atoms with E-state index in [2.05, 4.69) is 48.7 Å². The summed E-state index contributed by atoms with van der Waals surface area (Å²) in [7, 11) is 4.41. The van der Waals surface area contributed by atoms with Gasteiger partial charge in [-0.2, -0.15) is 0 Å². The van der Waals surface area contributed by atoms with Crippen LogP contribution in [0.4, 0.5) is 0 Å². The summed E-state index contributed by atoms with van der Waals surface area (Å²) in [6.45, 7) is 12.1. The maximum Gasteiger partial charge on any atom is 0.337 e. The molecule has 3 aromatic carbocycles. The molecule has 5 aromatic rings. The first-order chi connectivity index (χ1) is 21.4. The van der Waals surface area contributed by atoms with E-state index >= 15 is 0 Å². The van der Waals surface area contributed by atoms with E-state index in [0.717, 1.165) is 57.0 Å². The molecule has 1 saturated heterocycles. The standard InChI is InChI=1S/C37H42ClN3O3S/c1-8-28-31(23-15-17-40(6)18-16-23)26-14-11-24(20-29(26)41(28)7)35-39-27-19-21(2)30(33(36(42)43)44-37(3,4)5)32(34(27)45-35)22-9-12-25(38)13-10-22/h9-14,19-20,23,33H,8,15-18H2,1-7H3,(H,42,43)/t33-/m0/s1. The molecule has 2 aromatic heterocycles. The predicted molar refractivity (Wildman–Crippen MR) is 187 cm³/mol. The Labute approximate surface area is 274 Å². The van der Waals surface area contributed by atoms with Gasteiger partial charge in [-0.15, -0.1) is 11.3 Å². The summed E-state index contributed by atoms with van der Waals surface area (Å²) in [6, 6.07) is 16.4. The van der Waals surface area contributed by atoms with Gasteiger partial charge in [-0.1, -0.05) is 42.8 Å². The van der Waals surface area contributed by atoms with Crippen molar-refractivity contribution in [2.45, 2.75) is 71.5 Å². The Balaban J connectivity index is 1.53. The summed E-state index contributed by atoms with van der Waals surface area (Å²) in [5, 5.41) is 13.3. The lowest BCUT2D eigenvalue weighted by atomic mass is 9.87. The molecule has 0 bridgehead atoms. The number of benzene rings is 3. The summed E-state index contributed by atoms with van der Waals surface area (Å²) >= 11 is 7.88. The fourth-order valence-corrected chi connectivity index (χ4v) is 8.24. The highest BCUT2D eigenvalue weighted by molar-refractivity contribution is 7.22. The third-order valence-corrected chi connectivity index (χ3v) is 10.5. The number of halogens is 1. The molecular weight excluding hydrogens is 602 g/mol. The maximum atomic E-state index is 12.7. The van der Waals surface area contributed by atoms with Crippen LogP contribution in [0.5, 0.6) is 0 Å². The summed E-state index contributed by atoms with van der Waals surface area (Å²) in [4.78, 5) is 20.3. The van der Waals surface area contributed by atoms with E-state index in [1.54, 1.807) is 11.3 Å². The number of carboxylic acids is 1. The fraction of sp³-hybridized carbons (Fsp3) is 0.405. The molecule has 1 aliphatic heterocycles. The van der Waals surface area contributed by atoms with Crippen molar-refractivity contribution in [3.05, 3.63) is 75.9 Å². The van der Waals surface area contributed by atoms with Crippen molar-refractivity contribution in [1.29, 1.82) is 0 Å². The molecule has 0 unspecified atom stereocenters. The average Bonchev–Trinajstić information content (AvgIpc) is 3.53. The second-order valence-electron chi connectivity index (χ2n) is 13.4. The highest BCUT2D eigenvalue weighted by Crippen LogP contribution is 2.45. The minimum atomic E-state index is -1.14. The van der Waals surface area contributed by atoms with Gasteiger partial charge in [-0.3, -0.25) is 0 Å². The van der Waals surface area contributed by atoms with Gasteiger partial charge >= 0.3 is 5.97 Å². The normalized spacial score (nSPS) is 15.7. The summed E-state index contributed by atoms with van der Waals surface area (Å²) < 4.78 is 9.50. The third kappa shape index (κ3) is 6.03. The number of likely N-dealkylation sites (tertiary alicyclic amines) is 1. The molecule has 6 nitrogen and oxygen atoms in total. The first-order valence-electron chi connectivity index (χ1n) is 15.8. The van der Waals surface area contributed by atoms with Crippen LogP contribution in [0.15, 0.2) is 48.5 Å². The Morgan fingerprint density at radius 1 is 1.09 bits per heavy atom. The number of ether oxygens (including phenoxy) is 1. The topological polar surface area (TPSA) is 67.6 Å². The smallest absolute Gasteiger partial charge is 0.337 e. The molecule has 6 rings (SSSR count). The summed E-state index contributed by atoms with van der Waals surface area (Å²) in [6.07, 6.45) is 2.23. The number of fused-ring (bicyclic) bond motifs is 2. The number of aryl methyl sites for hydroxylation is 2. The number of nitrogens with zero attached hydrogens (tertiary/aromatic N) is 3. The molecule has 0 spiro atoms. The third-order valence-electron chi connectivity index (χ3n) is 9.09. The van der Waals surface area contributed by atoms with Gasteiger partial charge in [0, 0.05) is 45.4 Å². The number of aromatic nitrogens is 2. The lowest BCUT2D eigenvalue weighted by molar-refractivity contribution is -0.160. The Morgan fingerprint density at radius 3 is 2.38 bits per heavy atom. The number of carboxylic acid groups (broad SMARTS) is 1. The molecule has 0 saturated carbocycles. The van der Waals surface area contributed by atoms with E-state index in [9.17, 15) is 9.90 Å². The van der Waals surface area contributed by atoms with Crippen LogP contribution in [0.2, 0.25) is 5.02 Å². The zero-order chi connectivity index (χ0) is 32.2. The molecule has 236 valence electrons. The predicted octanol–water partition coefficient (Wildman–Crippen LogP) is 9.40. The second-order valence-corrected chi connectivity index (χ2v) is 14.8. The lowest BCUT2D eigenvalue weighted by Gasteiger charge is -2.29. The van der Waals surface area contributed by atoms with Crippen LogP contribution in [-0.2, 0) is 23.0 Å². The van der Waals surface area contributed by atoms with Crippen molar-refractivity contribution < 1.29 is 14.6 Å². The molecule has 3 heterocycles. The van der Waals surface area contributed by atoms with Crippen LogP contribution in [0.3, 0.4) is 0 Å². The molecule has 0 aliphatic carbocycles. The van der Waals surface area contributed by atoms with Crippen LogP contribution in [-0.4, -0.2) is 51.3 Å². The Morgan fingerprint density at radius 2 is 1.76 bits per heavy atom. The zero-order valence-electron chi connectivity index (χ0n) is 27.2. The molecule has 1 N–H and O–H groups in total. The molecular formula is C37H42ClN3O3S. The number of rotatable bonds is 7. The Hall–Kier alpha value is -3.23. The minimum absolute atomic E-state index is 0.578. The summed E-state index contributed by atoms with van der Waals surface area (Å²) in [5.41, 5.74) is 8.61. The van der Waals surface area contributed by atoms with Gasteiger partial charge in [-0.25, -0.2) is 9.78 Å². The molecule has 45 heavy (non-hydrogen) atoms. The van der Waals surface area contributed by atoms with Gasteiger partial charge in [0.2, 0.25) is 0 Å². The first-order valence-corrected chi connectivity index (χ1v) is 17.0. The Bertz CT molecular complexity index is 1890. The molecule has 1 atom stereocenters.